The van der Waals surface area contributed by atoms with Crippen molar-refractivity contribution in [3.05, 3.63) is 307 Å². The van der Waals surface area contributed by atoms with Gasteiger partial charge in [-0.25, -0.2) is 0 Å². The van der Waals surface area contributed by atoms with Gasteiger partial charge in [0.05, 0.1) is 0 Å². The molecule has 0 saturated carbocycles. The Kier molecular flexibility index (Phi) is 17.1. The molecule has 0 fully saturated rings. The van der Waals surface area contributed by atoms with Gasteiger partial charge in [-0.2, -0.15) is 0 Å². The number of hydrogen-bond acceptors (Lipinski definition) is 3. The average molecular weight is 1340 g/mol. The molecular weight excluding hydrogens is 1270 g/mol. The molecule has 13 rings (SSSR count). The molecule has 3 heterocycles. The van der Waals surface area contributed by atoms with Crippen LogP contribution in [0.15, 0.2) is 261 Å². The molecule has 10 aromatic carbocycles. The first-order valence-corrected chi connectivity index (χ1v) is 30.8. The maximum absolute atomic E-state index is 5.25. The predicted molar refractivity (Wildman–Crippen MR) is 373 cm³/mol. The van der Waals surface area contributed by atoms with Crippen molar-refractivity contribution in [2.45, 2.75) is 73.1 Å². The minimum absolute atomic E-state index is 0. The van der Waals surface area contributed by atoms with E-state index >= 15 is 0 Å². The van der Waals surface area contributed by atoms with Crippen LogP contribution in [0.2, 0.25) is 0 Å². The molecule has 0 aliphatic heterocycles. The summed E-state index contributed by atoms with van der Waals surface area (Å²) in [5.41, 5.74) is 31.6. The van der Waals surface area contributed by atoms with E-state index in [1.54, 1.807) is 0 Å². The second-order valence-electron chi connectivity index (χ2n) is 25.6. The van der Waals surface area contributed by atoms with E-state index in [1.807, 2.05) is 55.0 Å². The summed E-state index contributed by atoms with van der Waals surface area (Å²) in [6, 6.07) is 98.9. The number of hydrogen-bond donors (Lipinski definition) is 0. The minimum Gasteiger partial charge on any atom is -0.305 e. The molecule has 4 heteroatoms. The number of aryl methyl sites for hydroxylation is 3. The van der Waals surface area contributed by atoms with Gasteiger partial charge in [-0.05, 0) is 144 Å². The number of pyridine rings is 3. The second-order valence-corrected chi connectivity index (χ2v) is 25.6. The second kappa shape index (κ2) is 25.4. The third-order valence-electron chi connectivity index (χ3n) is 17.3. The topological polar surface area (TPSA) is 38.7 Å². The van der Waals surface area contributed by atoms with Crippen molar-refractivity contribution in [3.63, 3.8) is 0 Å². The van der Waals surface area contributed by atoms with Crippen LogP contribution in [0.25, 0.3) is 134 Å². The van der Waals surface area contributed by atoms with Gasteiger partial charge in [-0.3, -0.25) is 0 Å². The van der Waals surface area contributed by atoms with Crippen molar-refractivity contribution >= 4 is 0 Å². The number of rotatable bonds is 12. The fourth-order valence-electron chi connectivity index (χ4n) is 12.4. The smallest absolute Gasteiger partial charge is 0.305 e. The first kappa shape index (κ1) is 60.6. The first-order valence-electron chi connectivity index (χ1n) is 30.8. The van der Waals surface area contributed by atoms with Crippen LogP contribution in [-0.2, 0) is 30.9 Å². The van der Waals surface area contributed by atoms with Crippen molar-refractivity contribution in [2.24, 2.45) is 0 Å². The van der Waals surface area contributed by atoms with Crippen LogP contribution in [0.3, 0.4) is 0 Å². The summed E-state index contributed by atoms with van der Waals surface area (Å²) >= 11 is 0. The molecule has 0 bridgehead atoms. The molecule has 0 spiro atoms. The zero-order valence-corrected chi connectivity index (χ0v) is 54.9. The van der Waals surface area contributed by atoms with E-state index in [0.717, 1.165) is 139 Å². The third-order valence-corrected chi connectivity index (χ3v) is 17.3. The first-order chi connectivity index (χ1) is 43.1. The van der Waals surface area contributed by atoms with E-state index in [2.05, 4.69) is 297 Å². The molecule has 438 valence electrons. The standard InChI is InChI=1S/C86H70N3.Ir/c1-56-44-62(82-34-19-21-42-87-82)36-39-71(56)76-31-16-13-28-73(76)65-48-66(74-29-14-17-32-77(74)72-40-37-63(45-57(72)2)83-35-20-22-43-88-83)50-67(49-65)75-30-15-18-33-78(75)79-41-38-64(53-80(79)68-51-69(85(4,5)6)54-70(52-68)86(7,8)9)84-46-58(3)81(55-89-84)61-27-23-26-60(47-61)59-24-11-10-12-25-59;/h10-35,39-55H,1-9H3;/q-3;+3. The molecule has 0 unspecified atom stereocenters. The summed E-state index contributed by atoms with van der Waals surface area (Å²) in [5, 5.41) is 0. The van der Waals surface area contributed by atoms with Crippen molar-refractivity contribution < 1.29 is 20.1 Å². The van der Waals surface area contributed by atoms with E-state index in [0.29, 0.717) is 0 Å². The van der Waals surface area contributed by atoms with Crippen LogP contribution < -0.4 is 0 Å². The van der Waals surface area contributed by atoms with Gasteiger partial charge >= 0.3 is 20.1 Å². The Labute approximate surface area is 545 Å². The number of nitrogens with zero attached hydrogens (tertiary/aromatic N) is 3. The zero-order valence-electron chi connectivity index (χ0n) is 52.5. The minimum atomic E-state index is -0.108. The molecule has 90 heavy (non-hydrogen) atoms. The Hall–Kier alpha value is -9.70. The SMILES string of the molecule is Cc1cc(-c2[c-]cc(-c3ccccc3-c3cc(-c4ccccc4-c4c[c-]c(-c5ccccn5)cc4C)cc(-c4ccccc4-c4c[c-]c(-c5ccccn5)cc4C)c3)c(-c3cc(C(C)(C)C)cc(C(C)(C)C)c3)c2)ncc1-c1cccc(-c2ccccc2)c1.[Ir+3]. The molecule has 13 aromatic rings. The largest absolute Gasteiger partial charge is 3.00 e. The quantitative estimate of drug-likeness (QED) is 0.114. The number of benzene rings is 10. The molecule has 0 radical (unpaired) electrons. The van der Waals surface area contributed by atoms with Gasteiger partial charge in [-0.15, -0.1) is 82.4 Å². The van der Waals surface area contributed by atoms with E-state index < -0.39 is 0 Å². The summed E-state index contributed by atoms with van der Waals surface area (Å²) in [5.74, 6) is 0. The Balaban J connectivity index is 0.00000785. The van der Waals surface area contributed by atoms with Gasteiger partial charge in [0.2, 0.25) is 0 Å². The van der Waals surface area contributed by atoms with Crippen molar-refractivity contribution in [1.29, 1.82) is 0 Å². The predicted octanol–water partition coefficient (Wildman–Crippen LogP) is 22.8. The molecule has 0 N–H and O–H groups in total. The van der Waals surface area contributed by atoms with E-state index in [-0.39, 0.29) is 30.9 Å². The number of aromatic nitrogens is 3. The summed E-state index contributed by atoms with van der Waals surface area (Å²) in [6.45, 7) is 20.5. The van der Waals surface area contributed by atoms with Crippen molar-refractivity contribution in [3.8, 4) is 134 Å². The van der Waals surface area contributed by atoms with Crippen LogP contribution in [-0.4, -0.2) is 15.0 Å². The van der Waals surface area contributed by atoms with E-state index in [4.69, 9.17) is 4.98 Å². The van der Waals surface area contributed by atoms with E-state index in [9.17, 15) is 0 Å². The Bertz CT molecular complexity index is 4580. The van der Waals surface area contributed by atoms with Gasteiger partial charge < -0.3 is 15.0 Å². The summed E-state index contributed by atoms with van der Waals surface area (Å²) in [7, 11) is 0. The van der Waals surface area contributed by atoms with Gasteiger partial charge in [0.15, 0.2) is 0 Å². The zero-order chi connectivity index (χ0) is 61.4. The van der Waals surface area contributed by atoms with Gasteiger partial charge in [0.1, 0.15) is 0 Å². The molecular formula is C86H70IrN3. The van der Waals surface area contributed by atoms with Crippen molar-refractivity contribution in [1.82, 2.24) is 15.0 Å². The molecule has 0 aliphatic rings. The Morgan fingerprint density at radius 2 is 0.656 bits per heavy atom. The summed E-state index contributed by atoms with van der Waals surface area (Å²) in [6.07, 6.45) is 5.72. The van der Waals surface area contributed by atoms with Gasteiger partial charge in [0.25, 0.3) is 0 Å². The normalized spacial score (nSPS) is 11.5. The fraction of sp³-hybridized carbons (Fsp3) is 0.128. The van der Waals surface area contributed by atoms with Crippen LogP contribution in [0.4, 0.5) is 0 Å². The van der Waals surface area contributed by atoms with Crippen LogP contribution in [0, 0.1) is 39.0 Å². The maximum Gasteiger partial charge on any atom is 3.00 e. The third kappa shape index (κ3) is 12.5. The van der Waals surface area contributed by atoms with Crippen LogP contribution >= 0.6 is 0 Å². The maximum atomic E-state index is 5.25. The van der Waals surface area contributed by atoms with Gasteiger partial charge in [-0.1, -0.05) is 264 Å². The molecule has 0 atom stereocenters. The van der Waals surface area contributed by atoms with Crippen LogP contribution in [0.1, 0.15) is 69.4 Å². The molecule has 0 aliphatic carbocycles. The van der Waals surface area contributed by atoms with Gasteiger partial charge in [0, 0.05) is 24.2 Å². The monoisotopic (exact) mass is 1340 g/mol. The summed E-state index contributed by atoms with van der Waals surface area (Å²) in [4.78, 5) is 14.6. The fourth-order valence-corrected chi connectivity index (χ4v) is 12.4. The van der Waals surface area contributed by atoms with Crippen LogP contribution in [0.5, 0.6) is 0 Å². The molecule has 0 saturated heterocycles. The Morgan fingerprint density at radius 3 is 1.11 bits per heavy atom. The average Bonchev–Trinajstić information content (AvgIpc) is 1.10. The molecule has 0 amide bonds. The van der Waals surface area contributed by atoms with Crippen molar-refractivity contribution in [2.75, 3.05) is 0 Å². The Morgan fingerprint density at radius 1 is 0.267 bits per heavy atom. The molecule has 3 aromatic heterocycles. The molecule has 3 nitrogen and oxygen atoms in total. The summed E-state index contributed by atoms with van der Waals surface area (Å²) < 4.78 is 0. The van der Waals surface area contributed by atoms with E-state index in [1.165, 1.54) is 22.3 Å².